The van der Waals surface area contributed by atoms with Crippen molar-refractivity contribution in [2.45, 2.75) is 11.8 Å². The highest BCUT2D eigenvalue weighted by molar-refractivity contribution is 7.87. The van der Waals surface area contributed by atoms with Crippen LogP contribution >= 0.6 is 11.6 Å². The smallest absolute Gasteiger partial charge is 0.339 e. The number of nitriles is 1. The summed E-state index contributed by atoms with van der Waals surface area (Å²) in [6.07, 6.45) is 1.68. The Balaban J connectivity index is 1.93. The molecule has 0 aliphatic rings. The van der Waals surface area contributed by atoms with Crippen LogP contribution in [0.15, 0.2) is 71.6 Å². The van der Waals surface area contributed by atoms with Crippen LogP contribution in [0.3, 0.4) is 0 Å². The molecule has 0 atom stereocenters. The molecule has 0 fully saturated rings. The molecule has 0 aromatic heterocycles. The lowest BCUT2D eigenvalue weighted by molar-refractivity contribution is 0.327. The molecule has 0 N–H and O–H groups in total. The van der Waals surface area contributed by atoms with Crippen LogP contribution in [0, 0.1) is 11.3 Å². The van der Waals surface area contributed by atoms with E-state index in [1.165, 1.54) is 30.3 Å². The highest BCUT2D eigenvalue weighted by Crippen LogP contribution is 2.33. The third-order valence-electron chi connectivity index (χ3n) is 4.40. The molecule has 0 aliphatic carbocycles. The average molecular weight is 470 g/mol. The van der Waals surface area contributed by atoms with Crippen molar-refractivity contribution in [1.82, 2.24) is 0 Å². The van der Waals surface area contributed by atoms with Crippen LogP contribution < -0.4 is 13.7 Å². The number of allylic oxidation sites excluding steroid dienone is 1. The first-order chi connectivity index (χ1) is 15.4. The van der Waals surface area contributed by atoms with Crippen molar-refractivity contribution in [2.24, 2.45) is 0 Å². The minimum Gasteiger partial charge on any atom is -0.497 e. The van der Waals surface area contributed by atoms with Gasteiger partial charge in [0.05, 0.1) is 25.4 Å². The predicted molar refractivity (Wildman–Crippen MR) is 123 cm³/mol. The van der Waals surface area contributed by atoms with Crippen molar-refractivity contribution in [3.63, 3.8) is 0 Å². The summed E-state index contributed by atoms with van der Waals surface area (Å²) in [5.74, 6) is 0.973. The Morgan fingerprint density at radius 2 is 1.72 bits per heavy atom. The highest BCUT2D eigenvalue weighted by atomic mass is 35.5. The molecule has 0 amide bonds. The van der Waals surface area contributed by atoms with Crippen molar-refractivity contribution < 1.29 is 22.1 Å². The van der Waals surface area contributed by atoms with Crippen LogP contribution in [0.1, 0.15) is 18.1 Å². The van der Waals surface area contributed by atoms with Crippen molar-refractivity contribution in [3.05, 3.63) is 82.9 Å². The molecule has 164 valence electrons. The van der Waals surface area contributed by atoms with E-state index in [0.717, 1.165) is 5.56 Å². The summed E-state index contributed by atoms with van der Waals surface area (Å²) in [5.41, 5.74) is 1.80. The molecule has 0 saturated carbocycles. The van der Waals surface area contributed by atoms with Gasteiger partial charge in [0.2, 0.25) is 0 Å². The molecule has 3 aromatic rings. The van der Waals surface area contributed by atoms with Crippen LogP contribution in [0.4, 0.5) is 0 Å². The zero-order chi connectivity index (χ0) is 23.1. The van der Waals surface area contributed by atoms with Gasteiger partial charge in [-0.05, 0) is 84.8 Å². The minimum absolute atomic E-state index is 0.0282. The molecule has 8 heteroatoms. The quantitative estimate of drug-likeness (QED) is 0.243. The number of ether oxygens (including phenoxy) is 2. The van der Waals surface area contributed by atoms with Crippen LogP contribution in [-0.4, -0.2) is 22.1 Å². The molecule has 0 heterocycles. The SMILES string of the molecule is CCOc1cc(/C=C(\C#N)c2ccc(OC)cc2)ccc1OS(=O)(=O)c1ccc(Cl)cc1. The molecule has 32 heavy (non-hydrogen) atoms. The monoisotopic (exact) mass is 469 g/mol. The van der Waals surface area contributed by atoms with Gasteiger partial charge in [-0.3, -0.25) is 0 Å². The summed E-state index contributed by atoms with van der Waals surface area (Å²) in [5, 5.41) is 10.0. The van der Waals surface area contributed by atoms with Gasteiger partial charge in [-0.25, -0.2) is 0 Å². The third kappa shape index (κ3) is 5.61. The van der Waals surface area contributed by atoms with Gasteiger partial charge in [-0.2, -0.15) is 13.7 Å². The average Bonchev–Trinajstić information content (AvgIpc) is 2.79. The van der Waals surface area contributed by atoms with E-state index in [-0.39, 0.29) is 16.4 Å². The number of nitrogens with zero attached hydrogens (tertiary/aromatic N) is 1. The summed E-state index contributed by atoms with van der Waals surface area (Å²) in [6.45, 7) is 2.08. The van der Waals surface area contributed by atoms with Crippen LogP contribution in [0.2, 0.25) is 5.02 Å². The number of methoxy groups -OCH3 is 1. The molecule has 0 unspecified atom stereocenters. The number of halogens is 1. The van der Waals surface area contributed by atoms with Gasteiger partial charge in [0.25, 0.3) is 0 Å². The van der Waals surface area contributed by atoms with Crippen LogP contribution in [0.25, 0.3) is 11.6 Å². The molecular formula is C24H20ClNO5S. The van der Waals surface area contributed by atoms with Gasteiger partial charge in [0.15, 0.2) is 11.5 Å². The fourth-order valence-electron chi connectivity index (χ4n) is 2.84. The Bertz CT molecular complexity index is 1260. The number of hydrogen-bond acceptors (Lipinski definition) is 6. The first-order valence-corrected chi connectivity index (χ1v) is 11.4. The summed E-state index contributed by atoms with van der Waals surface area (Å²) in [6, 6.07) is 19.7. The molecule has 6 nitrogen and oxygen atoms in total. The second kappa shape index (κ2) is 10.2. The Morgan fingerprint density at radius 1 is 1.03 bits per heavy atom. The fourth-order valence-corrected chi connectivity index (χ4v) is 3.90. The van der Waals surface area contributed by atoms with E-state index in [0.29, 0.717) is 28.5 Å². The standard InChI is InChI=1S/C24H20ClNO5S/c1-3-30-24-15-17(14-19(16-26)18-5-9-21(29-2)10-6-18)4-13-23(24)31-32(27,28)22-11-7-20(25)8-12-22/h4-15H,3H2,1-2H3/b19-14+. The number of benzene rings is 3. The predicted octanol–water partition coefficient (Wildman–Crippen LogP) is 5.58. The van der Waals surface area contributed by atoms with Gasteiger partial charge >= 0.3 is 10.1 Å². The topological polar surface area (TPSA) is 85.6 Å². The molecular weight excluding hydrogens is 450 g/mol. The molecule has 0 spiro atoms. The van der Waals surface area contributed by atoms with E-state index in [4.69, 9.17) is 25.3 Å². The maximum atomic E-state index is 12.6. The maximum Gasteiger partial charge on any atom is 0.339 e. The lowest BCUT2D eigenvalue weighted by Gasteiger charge is -2.13. The zero-order valence-electron chi connectivity index (χ0n) is 17.4. The Hall–Kier alpha value is -3.47. The molecule has 3 rings (SSSR count). The fraction of sp³-hybridized carbons (Fsp3) is 0.125. The maximum absolute atomic E-state index is 12.6. The second-order valence-electron chi connectivity index (χ2n) is 6.53. The zero-order valence-corrected chi connectivity index (χ0v) is 19.0. The molecule has 0 saturated heterocycles. The number of rotatable bonds is 8. The summed E-state index contributed by atoms with van der Waals surface area (Å²) < 4.78 is 41.3. The van der Waals surface area contributed by atoms with Gasteiger partial charge in [-0.15, -0.1) is 0 Å². The van der Waals surface area contributed by atoms with E-state index >= 15 is 0 Å². The van der Waals surface area contributed by atoms with Gasteiger partial charge in [0.1, 0.15) is 10.6 Å². The van der Waals surface area contributed by atoms with E-state index in [9.17, 15) is 13.7 Å². The van der Waals surface area contributed by atoms with Gasteiger partial charge in [0, 0.05) is 5.02 Å². The van der Waals surface area contributed by atoms with E-state index in [1.54, 1.807) is 56.5 Å². The highest BCUT2D eigenvalue weighted by Gasteiger charge is 2.19. The Labute approximate surface area is 192 Å². The minimum atomic E-state index is -4.08. The molecule has 0 radical (unpaired) electrons. The van der Waals surface area contributed by atoms with E-state index < -0.39 is 10.1 Å². The van der Waals surface area contributed by atoms with Gasteiger partial charge < -0.3 is 13.7 Å². The van der Waals surface area contributed by atoms with E-state index in [1.807, 2.05) is 0 Å². The van der Waals surface area contributed by atoms with Gasteiger partial charge in [-0.1, -0.05) is 17.7 Å². The van der Waals surface area contributed by atoms with E-state index in [2.05, 4.69) is 6.07 Å². The second-order valence-corrected chi connectivity index (χ2v) is 8.51. The third-order valence-corrected chi connectivity index (χ3v) is 5.90. The first kappa shape index (κ1) is 23.2. The lowest BCUT2D eigenvalue weighted by atomic mass is 10.0. The Morgan fingerprint density at radius 3 is 2.31 bits per heavy atom. The Kier molecular flexibility index (Phi) is 7.41. The normalized spacial score (nSPS) is 11.5. The summed E-state index contributed by atoms with van der Waals surface area (Å²) >= 11 is 5.83. The molecule has 0 bridgehead atoms. The largest absolute Gasteiger partial charge is 0.497 e. The van der Waals surface area contributed by atoms with Crippen molar-refractivity contribution in [3.8, 4) is 23.3 Å². The van der Waals surface area contributed by atoms with Crippen LogP contribution in [0.5, 0.6) is 17.2 Å². The summed E-state index contributed by atoms with van der Waals surface area (Å²) in [4.78, 5) is -0.0282. The van der Waals surface area contributed by atoms with Crippen molar-refractivity contribution in [1.29, 1.82) is 5.26 Å². The summed E-state index contributed by atoms with van der Waals surface area (Å²) in [7, 11) is -2.51. The van der Waals surface area contributed by atoms with Crippen LogP contribution in [-0.2, 0) is 10.1 Å². The number of hydrogen-bond donors (Lipinski definition) is 0. The molecule has 3 aromatic carbocycles. The molecule has 0 aliphatic heterocycles. The lowest BCUT2D eigenvalue weighted by Crippen LogP contribution is -2.10. The van der Waals surface area contributed by atoms with Crippen molar-refractivity contribution in [2.75, 3.05) is 13.7 Å². The van der Waals surface area contributed by atoms with Crippen molar-refractivity contribution >= 4 is 33.4 Å². The first-order valence-electron chi connectivity index (χ1n) is 9.59.